The summed E-state index contributed by atoms with van der Waals surface area (Å²) in [5, 5.41) is 18.0. The van der Waals surface area contributed by atoms with Crippen LogP contribution in [0.3, 0.4) is 0 Å². The Hall–Kier alpha value is -3.62. The van der Waals surface area contributed by atoms with Crippen molar-refractivity contribution >= 4 is 23.9 Å². The van der Waals surface area contributed by atoms with Crippen LogP contribution in [-0.4, -0.2) is 28.8 Å². The number of methoxy groups -OCH3 is 1. The number of guanidine groups is 1. The van der Waals surface area contributed by atoms with E-state index in [2.05, 4.69) is 10.2 Å². The number of non-ortho nitro benzene ring substituents is 1. The average molecular weight is 328 g/mol. The molecule has 0 bridgehead atoms. The molecule has 0 spiro atoms. The largest absolute Gasteiger partial charge is 0.494 e. The summed E-state index contributed by atoms with van der Waals surface area (Å²) in [5.41, 5.74) is 11.8. The van der Waals surface area contributed by atoms with Gasteiger partial charge in [0.15, 0.2) is 0 Å². The topological polar surface area (TPSA) is 134 Å². The van der Waals surface area contributed by atoms with Crippen LogP contribution in [0.4, 0.5) is 5.69 Å². The molecule has 124 valence electrons. The number of aromatic nitrogens is 1. The molecule has 24 heavy (non-hydrogen) atoms. The third-order valence-corrected chi connectivity index (χ3v) is 3.01. The predicted molar refractivity (Wildman–Crippen MR) is 92.3 cm³/mol. The molecule has 0 radical (unpaired) electrons. The van der Waals surface area contributed by atoms with Gasteiger partial charge in [-0.05, 0) is 30.4 Å². The summed E-state index contributed by atoms with van der Waals surface area (Å²) in [6, 6.07) is 8.13. The number of hydrogen-bond acceptors (Lipinski definition) is 5. The summed E-state index contributed by atoms with van der Waals surface area (Å²) < 4.78 is 7.09. The van der Waals surface area contributed by atoms with Crippen LogP contribution in [0, 0.1) is 10.1 Å². The first-order chi connectivity index (χ1) is 11.5. The number of nitrogens with zero attached hydrogens (tertiary/aromatic N) is 4. The van der Waals surface area contributed by atoms with Gasteiger partial charge in [-0.1, -0.05) is 0 Å². The average Bonchev–Trinajstić information content (AvgIpc) is 3.01. The van der Waals surface area contributed by atoms with Crippen LogP contribution in [0.5, 0.6) is 5.75 Å². The Kier molecular flexibility index (Phi) is 5.29. The number of allylic oxidation sites excluding steroid dienone is 1. The maximum absolute atomic E-state index is 10.9. The zero-order valence-corrected chi connectivity index (χ0v) is 12.9. The van der Waals surface area contributed by atoms with Crippen molar-refractivity contribution in [3.63, 3.8) is 0 Å². The molecule has 0 unspecified atom stereocenters. The molecule has 0 amide bonds. The lowest BCUT2D eigenvalue weighted by molar-refractivity contribution is -0.384. The van der Waals surface area contributed by atoms with E-state index < -0.39 is 4.92 Å². The van der Waals surface area contributed by atoms with Gasteiger partial charge in [0.05, 0.1) is 23.8 Å². The van der Waals surface area contributed by atoms with Crippen LogP contribution < -0.4 is 16.2 Å². The van der Waals surface area contributed by atoms with Crippen LogP contribution in [-0.2, 0) is 0 Å². The van der Waals surface area contributed by atoms with E-state index in [1.807, 2.05) is 22.9 Å². The quantitative estimate of drug-likeness (QED) is 0.360. The van der Waals surface area contributed by atoms with E-state index in [0.717, 1.165) is 5.69 Å². The second kappa shape index (κ2) is 7.58. The maximum atomic E-state index is 10.9. The fraction of sp³-hybridized carbons (Fsp3) is 0.0667. The molecule has 2 aromatic rings. The highest BCUT2D eigenvalue weighted by atomic mass is 16.6. The van der Waals surface area contributed by atoms with Crippen molar-refractivity contribution in [2.24, 2.45) is 21.7 Å². The third-order valence-electron chi connectivity index (χ3n) is 3.01. The molecule has 9 nitrogen and oxygen atoms in total. The van der Waals surface area contributed by atoms with Crippen molar-refractivity contribution in [3.05, 3.63) is 58.4 Å². The summed E-state index contributed by atoms with van der Waals surface area (Å²) >= 11 is 0. The van der Waals surface area contributed by atoms with Gasteiger partial charge in [0.1, 0.15) is 5.75 Å². The summed E-state index contributed by atoms with van der Waals surface area (Å²) in [7, 11) is 1.46. The van der Waals surface area contributed by atoms with Crippen molar-refractivity contribution in [1.82, 2.24) is 4.57 Å². The summed E-state index contributed by atoms with van der Waals surface area (Å²) in [6.45, 7) is 0. The number of nitro benzene ring substituents is 1. The fourth-order valence-corrected chi connectivity index (χ4v) is 2.01. The molecule has 1 aromatic heterocycles. The van der Waals surface area contributed by atoms with Gasteiger partial charge in [0.2, 0.25) is 5.96 Å². The minimum Gasteiger partial charge on any atom is -0.494 e. The number of hydrogen-bond donors (Lipinski definition) is 2. The Morgan fingerprint density at radius 2 is 2.17 bits per heavy atom. The highest BCUT2D eigenvalue weighted by molar-refractivity contribution is 5.80. The SMILES string of the molecule is COc1cc([N+](=O)[O-])ccc1-n1cccc1/C=C/C=N/N=C(N)N. The first kappa shape index (κ1) is 16.7. The van der Waals surface area contributed by atoms with Gasteiger partial charge in [0, 0.05) is 24.2 Å². The van der Waals surface area contributed by atoms with Gasteiger partial charge < -0.3 is 20.8 Å². The molecule has 0 aliphatic carbocycles. The highest BCUT2D eigenvalue weighted by Gasteiger charge is 2.13. The Bertz CT molecular complexity index is 818. The van der Waals surface area contributed by atoms with E-state index in [1.165, 1.54) is 25.5 Å². The molecule has 0 aliphatic heterocycles. The molecule has 0 saturated carbocycles. The lowest BCUT2D eigenvalue weighted by Gasteiger charge is -2.11. The number of rotatable bonds is 6. The van der Waals surface area contributed by atoms with Crippen molar-refractivity contribution in [1.29, 1.82) is 0 Å². The Balaban J connectivity index is 2.33. The van der Waals surface area contributed by atoms with Crippen LogP contribution in [0.15, 0.2) is 52.8 Å². The normalized spacial score (nSPS) is 11.0. The third kappa shape index (κ3) is 3.97. The monoisotopic (exact) mass is 328 g/mol. The molecular formula is C15H16N6O3. The summed E-state index contributed by atoms with van der Waals surface area (Å²) in [6.07, 6.45) is 6.70. The summed E-state index contributed by atoms with van der Waals surface area (Å²) in [5.74, 6) is 0.267. The number of benzene rings is 1. The van der Waals surface area contributed by atoms with E-state index in [0.29, 0.717) is 11.4 Å². The molecule has 0 fully saturated rings. The predicted octanol–water partition coefficient (Wildman–Crippen LogP) is 1.67. The van der Waals surface area contributed by atoms with Crippen molar-refractivity contribution in [3.8, 4) is 11.4 Å². The highest BCUT2D eigenvalue weighted by Crippen LogP contribution is 2.29. The molecule has 2 rings (SSSR count). The molecular weight excluding hydrogens is 312 g/mol. The zero-order valence-electron chi connectivity index (χ0n) is 12.9. The number of nitro groups is 1. The Morgan fingerprint density at radius 1 is 1.38 bits per heavy atom. The van der Waals surface area contributed by atoms with Crippen molar-refractivity contribution in [2.45, 2.75) is 0 Å². The summed E-state index contributed by atoms with van der Waals surface area (Å²) in [4.78, 5) is 10.4. The molecule has 1 heterocycles. The van der Waals surface area contributed by atoms with Crippen LogP contribution >= 0.6 is 0 Å². The van der Waals surface area contributed by atoms with Gasteiger partial charge >= 0.3 is 0 Å². The second-order valence-electron chi connectivity index (χ2n) is 4.56. The fourth-order valence-electron chi connectivity index (χ4n) is 2.01. The van der Waals surface area contributed by atoms with Crippen LogP contribution in [0.25, 0.3) is 11.8 Å². The first-order valence-electron chi connectivity index (χ1n) is 6.81. The zero-order chi connectivity index (χ0) is 17.5. The lowest BCUT2D eigenvalue weighted by Crippen LogP contribution is -2.21. The first-order valence-corrected chi connectivity index (χ1v) is 6.81. The standard InChI is InChI=1S/C15H16N6O3/c1-24-14-10-12(21(22)23)6-7-13(14)20-9-3-5-11(20)4-2-8-18-19-15(16)17/h2-10H,1H3,(H4,16,17,19)/b4-2+,18-8+. The van der Waals surface area contributed by atoms with Gasteiger partial charge in [-0.15, -0.1) is 5.10 Å². The molecule has 1 aromatic carbocycles. The molecule has 9 heteroatoms. The second-order valence-corrected chi connectivity index (χ2v) is 4.56. The van der Waals surface area contributed by atoms with Crippen LogP contribution in [0.2, 0.25) is 0 Å². The number of nitrogens with two attached hydrogens (primary N) is 2. The van der Waals surface area contributed by atoms with Gasteiger partial charge in [-0.2, -0.15) is 5.10 Å². The Morgan fingerprint density at radius 3 is 2.83 bits per heavy atom. The smallest absolute Gasteiger partial charge is 0.273 e. The van der Waals surface area contributed by atoms with Crippen LogP contribution in [0.1, 0.15) is 5.69 Å². The van der Waals surface area contributed by atoms with E-state index in [1.54, 1.807) is 18.2 Å². The van der Waals surface area contributed by atoms with Crippen molar-refractivity contribution < 1.29 is 9.66 Å². The van der Waals surface area contributed by atoms with E-state index in [9.17, 15) is 10.1 Å². The van der Waals surface area contributed by atoms with Gasteiger partial charge in [-0.25, -0.2) is 0 Å². The maximum Gasteiger partial charge on any atom is 0.273 e. The van der Waals surface area contributed by atoms with Gasteiger partial charge in [-0.3, -0.25) is 10.1 Å². The molecule has 4 N–H and O–H groups in total. The molecule has 0 aliphatic rings. The molecule has 0 saturated heterocycles. The van der Waals surface area contributed by atoms with E-state index in [4.69, 9.17) is 16.2 Å². The van der Waals surface area contributed by atoms with Gasteiger partial charge in [0.25, 0.3) is 5.69 Å². The van der Waals surface area contributed by atoms with E-state index >= 15 is 0 Å². The van der Waals surface area contributed by atoms with Crippen molar-refractivity contribution in [2.75, 3.05) is 7.11 Å². The van der Waals surface area contributed by atoms with E-state index in [-0.39, 0.29) is 11.6 Å². The molecule has 0 atom stereocenters. The Labute approximate surface area is 137 Å². The minimum atomic E-state index is -0.469. The minimum absolute atomic E-state index is 0.0378. The number of ether oxygens (including phenoxy) is 1. The lowest BCUT2D eigenvalue weighted by atomic mass is 10.2.